The first-order chi connectivity index (χ1) is 6.25. The van der Waals surface area contributed by atoms with Gasteiger partial charge in [-0.05, 0) is 30.9 Å². The highest BCUT2D eigenvalue weighted by atomic mass is 15.2. The molecule has 0 aromatic carbocycles. The van der Waals surface area contributed by atoms with Gasteiger partial charge in [0.15, 0.2) is 0 Å². The molecule has 2 heterocycles. The van der Waals surface area contributed by atoms with E-state index in [1.54, 1.807) is 0 Å². The summed E-state index contributed by atoms with van der Waals surface area (Å²) in [6.07, 6.45) is 3.24. The average Bonchev–Trinajstić information content (AvgIpc) is 2.53. The molecule has 0 unspecified atom stereocenters. The first-order valence-corrected chi connectivity index (χ1v) is 4.93. The second-order valence-corrected chi connectivity index (χ2v) is 4.03. The van der Waals surface area contributed by atoms with Crippen LogP contribution in [0.25, 0.3) is 0 Å². The molecular weight excluding hydrogens is 160 g/mol. The molecule has 0 N–H and O–H groups in total. The van der Waals surface area contributed by atoms with Gasteiger partial charge in [-0.1, -0.05) is 13.0 Å². The number of nitrogens with zero attached hydrogens (tertiary/aromatic N) is 2. The Bertz CT molecular complexity index is 279. The van der Waals surface area contributed by atoms with Gasteiger partial charge in [-0.2, -0.15) is 0 Å². The molecule has 0 saturated carbocycles. The Morgan fingerprint density at radius 3 is 2.85 bits per heavy atom. The van der Waals surface area contributed by atoms with Crippen molar-refractivity contribution in [2.45, 2.75) is 20.3 Å². The molecule has 0 spiro atoms. The molecular formula is C11H16N2. The highest BCUT2D eigenvalue weighted by Crippen LogP contribution is 2.21. The quantitative estimate of drug-likeness (QED) is 0.652. The van der Waals surface area contributed by atoms with E-state index >= 15 is 0 Å². The summed E-state index contributed by atoms with van der Waals surface area (Å²) in [7, 11) is 0. The smallest absolute Gasteiger partial charge is 0.128 e. The first-order valence-electron chi connectivity index (χ1n) is 4.93. The Kier molecular flexibility index (Phi) is 2.21. The molecule has 1 atom stereocenters. The molecule has 13 heavy (non-hydrogen) atoms. The molecule has 0 radical (unpaired) electrons. The summed E-state index contributed by atoms with van der Waals surface area (Å²) in [6.45, 7) is 6.70. The van der Waals surface area contributed by atoms with Crippen LogP contribution in [0.15, 0.2) is 18.3 Å². The third-order valence-corrected chi connectivity index (χ3v) is 2.64. The fourth-order valence-corrected chi connectivity index (χ4v) is 1.79. The van der Waals surface area contributed by atoms with Crippen molar-refractivity contribution in [3.8, 4) is 0 Å². The van der Waals surface area contributed by atoms with Gasteiger partial charge in [0, 0.05) is 19.3 Å². The molecule has 0 bridgehead atoms. The highest BCUT2D eigenvalue weighted by Gasteiger charge is 2.19. The molecule has 1 aromatic heterocycles. The normalized spacial score (nSPS) is 22.3. The van der Waals surface area contributed by atoms with Crippen molar-refractivity contribution in [2.24, 2.45) is 5.92 Å². The molecule has 2 rings (SSSR count). The van der Waals surface area contributed by atoms with E-state index in [0.29, 0.717) is 0 Å². The number of aromatic nitrogens is 1. The number of aryl methyl sites for hydroxylation is 1. The Hall–Kier alpha value is -1.05. The number of hydrogen-bond acceptors (Lipinski definition) is 2. The number of pyridine rings is 1. The number of rotatable bonds is 1. The summed E-state index contributed by atoms with van der Waals surface area (Å²) in [6, 6.07) is 4.25. The van der Waals surface area contributed by atoms with Crippen LogP contribution in [-0.4, -0.2) is 18.1 Å². The zero-order chi connectivity index (χ0) is 9.26. The van der Waals surface area contributed by atoms with E-state index < -0.39 is 0 Å². The number of anilines is 1. The molecule has 1 saturated heterocycles. The molecule has 0 aliphatic carbocycles. The van der Waals surface area contributed by atoms with Gasteiger partial charge in [0.25, 0.3) is 0 Å². The predicted molar refractivity (Wildman–Crippen MR) is 55.0 cm³/mol. The summed E-state index contributed by atoms with van der Waals surface area (Å²) in [5.74, 6) is 1.96. The van der Waals surface area contributed by atoms with E-state index in [4.69, 9.17) is 0 Å². The minimum atomic E-state index is 0.822. The van der Waals surface area contributed by atoms with Gasteiger partial charge >= 0.3 is 0 Å². The van der Waals surface area contributed by atoms with E-state index in [1.807, 2.05) is 6.20 Å². The van der Waals surface area contributed by atoms with Gasteiger partial charge in [0.1, 0.15) is 5.82 Å². The van der Waals surface area contributed by atoms with Crippen molar-refractivity contribution in [2.75, 3.05) is 18.0 Å². The van der Waals surface area contributed by atoms with Crippen molar-refractivity contribution in [1.82, 2.24) is 4.98 Å². The third kappa shape index (κ3) is 1.82. The fraction of sp³-hybridized carbons (Fsp3) is 0.545. The second-order valence-electron chi connectivity index (χ2n) is 4.03. The first kappa shape index (κ1) is 8.54. The predicted octanol–water partition coefficient (Wildman–Crippen LogP) is 2.24. The molecule has 2 heteroatoms. The maximum absolute atomic E-state index is 4.42. The van der Waals surface area contributed by atoms with Crippen LogP contribution in [0.1, 0.15) is 18.9 Å². The van der Waals surface area contributed by atoms with E-state index in [-0.39, 0.29) is 0 Å². The molecule has 70 valence electrons. The van der Waals surface area contributed by atoms with Crippen LogP contribution in [-0.2, 0) is 0 Å². The summed E-state index contributed by atoms with van der Waals surface area (Å²) in [5, 5.41) is 0. The lowest BCUT2D eigenvalue weighted by Crippen LogP contribution is -2.19. The summed E-state index contributed by atoms with van der Waals surface area (Å²) in [4.78, 5) is 6.79. The lowest BCUT2D eigenvalue weighted by atomic mass is 10.2. The van der Waals surface area contributed by atoms with E-state index in [9.17, 15) is 0 Å². The monoisotopic (exact) mass is 176 g/mol. The fourth-order valence-electron chi connectivity index (χ4n) is 1.79. The second kappa shape index (κ2) is 3.36. The van der Waals surface area contributed by atoms with Crippen LogP contribution in [0.3, 0.4) is 0 Å². The molecule has 1 fully saturated rings. The van der Waals surface area contributed by atoms with Crippen molar-refractivity contribution >= 4 is 5.82 Å². The lowest BCUT2D eigenvalue weighted by molar-refractivity contribution is 0.659. The summed E-state index contributed by atoms with van der Waals surface area (Å²) in [5.41, 5.74) is 1.23. The van der Waals surface area contributed by atoms with Gasteiger partial charge in [-0.25, -0.2) is 4.98 Å². The van der Waals surface area contributed by atoms with Crippen LogP contribution in [0.5, 0.6) is 0 Å². The lowest BCUT2D eigenvalue weighted by Gasteiger charge is -2.16. The Labute approximate surface area is 79.6 Å². The van der Waals surface area contributed by atoms with Crippen LogP contribution in [0, 0.1) is 12.8 Å². The van der Waals surface area contributed by atoms with Gasteiger partial charge in [-0.15, -0.1) is 0 Å². The minimum absolute atomic E-state index is 0.822. The van der Waals surface area contributed by atoms with Crippen molar-refractivity contribution in [3.63, 3.8) is 0 Å². The van der Waals surface area contributed by atoms with Gasteiger partial charge < -0.3 is 4.90 Å². The third-order valence-electron chi connectivity index (χ3n) is 2.64. The Balaban J connectivity index is 2.13. The maximum atomic E-state index is 4.42. The molecule has 1 aliphatic heterocycles. The van der Waals surface area contributed by atoms with Crippen LogP contribution in [0.4, 0.5) is 5.82 Å². The van der Waals surface area contributed by atoms with E-state index in [2.05, 4.69) is 35.9 Å². The summed E-state index contributed by atoms with van der Waals surface area (Å²) < 4.78 is 0. The van der Waals surface area contributed by atoms with Crippen molar-refractivity contribution < 1.29 is 0 Å². The molecule has 1 aliphatic rings. The Morgan fingerprint density at radius 1 is 1.46 bits per heavy atom. The van der Waals surface area contributed by atoms with Gasteiger partial charge in [0.2, 0.25) is 0 Å². The highest BCUT2D eigenvalue weighted by molar-refractivity contribution is 5.40. The standard InChI is InChI=1S/C11H16N2/c1-9-3-4-11(12-7-9)13-6-5-10(2)8-13/h3-4,7,10H,5-6,8H2,1-2H3/t10-/m0/s1. The van der Waals surface area contributed by atoms with Crippen molar-refractivity contribution in [1.29, 1.82) is 0 Å². The van der Waals surface area contributed by atoms with E-state index in [1.165, 1.54) is 12.0 Å². The zero-order valence-corrected chi connectivity index (χ0v) is 8.33. The van der Waals surface area contributed by atoms with Crippen LogP contribution < -0.4 is 4.90 Å². The average molecular weight is 176 g/mol. The molecule has 2 nitrogen and oxygen atoms in total. The zero-order valence-electron chi connectivity index (χ0n) is 8.33. The molecule has 1 aromatic rings. The maximum Gasteiger partial charge on any atom is 0.128 e. The SMILES string of the molecule is Cc1ccc(N2CC[C@H](C)C2)nc1. The summed E-state index contributed by atoms with van der Waals surface area (Å²) >= 11 is 0. The minimum Gasteiger partial charge on any atom is -0.356 e. The largest absolute Gasteiger partial charge is 0.356 e. The van der Waals surface area contributed by atoms with E-state index in [0.717, 1.165) is 24.8 Å². The van der Waals surface area contributed by atoms with Crippen molar-refractivity contribution in [3.05, 3.63) is 23.9 Å². The van der Waals surface area contributed by atoms with Crippen LogP contribution >= 0.6 is 0 Å². The topological polar surface area (TPSA) is 16.1 Å². The Morgan fingerprint density at radius 2 is 2.31 bits per heavy atom. The van der Waals surface area contributed by atoms with Crippen LogP contribution in [0.2, 0.25) is 0 Å². The number of hydrogen-bond donors (Lipinski definition) is 0. The van der Waals surface area contributed by atoms with Gasteiger partial charge in [-0.3, -0.25) is 0 Å². The van der Waals surface area contributed by atoms with Gasteiger partial charge in [0.05, 0.1) is 0 Å². The molecule has 0 amide bonds.